The zero-order valence-corrected chi connectivity index (χ0v) is 36.8. The Labute approximate surface area is 383 Å². The molecular weight excluding hydrogens is 795 g/mol. The molecule has 13 aromatic rings. The summed E-state index contributed by atoms with van der Waals surface area (Å²) in [6, 6.07) is 83.7. The van der Waals surface area contributed by atoms with Gasteiger partial charge >= 0.3 is 0 Å². The van der Waals surface area contributed by atoms with Crippen LogP contribution in [0.5, 0.6) is 0 Å². The molecule has 1 nitrogen and oxygen atoms in total. The number of fused-ring (bicyclic) bond motifs is 15. The van der Waals surface area contributed by atoms with E-state index in [1.807, 2.05) is 0 Å². The third kappa shape index (κ3) is 5.17. The second-order valence-corrected chi connectivity index (χ2v) is 18.7. The lowest BCUT2D eigenvalue weighted by molar-refractivity contribution is 0.672. The van der Waals surface area contributed by atoms with Gasteiger partial charge in [-0.15, -0.1) is 0 Å². The molecule has 14 rings (SSSR count). The minimum Gasteiger partial charge on any atom is -0.309 e. The van der Waals surface area contributed by atoms with E-state index in [0.29, 0.717) is 0 Å². The predicted octanol–water partition coefficient (Wildman–Crippen LogP) is 17.9. The van der Waals surface area contributed by atoms with Crippen molar-refractivity contribution in [3.8, 4) is 50.2 Å². The van der Waals surface area contributed by atoms with Crippen molar-refractivity contribution < 1.29 is 0 Å². The molecule has 0 amide bonds. The Hall–Kier alpha value is -8.26. The summed E-state index contributed by atoms with van der Waals surface area (Å²) in [6.45, 7) is 4.86. The van der Waals surface area contributed by atoms with Crippen molar-refractivity contribution in [2.24, 2.45) is 0 Å². The molecule has 66 heavy (non-hydrogen) atoms. The number of benzene rings is 12. The molecular formula is C65H43N. The first kappa shape index (κ1) is 37.1. The predicted molar refractivity (Wildman–Crippen MR) is 282 cm³/mol. The van der Waals surface area contributed by atoms with E-state index in [1.54, 1.807) is 0 Å². The zero-order valence-electron chi connectivity index (χ0n) is 36.8. The van der Waals surface area contributed by atoms with Gasteiger partial charge in [-0.2, -0.15) is 0 Å². The third-order valence-corrected chi connectivity index (χ3v) is 14.9. The molecule has 1 aliphatic carbocycles. The van der Waals surface area contributed by atoms with E-state index in [0.717, 1.165) is 0 Å². The lowest BCUT2D eigenvalue weighted by Gasteiger charge is -2.25. The summed E-state index contributed by atoms with van der Waals surface area (Å²) in [5.74, 6) is 0. The molecule has 308 valence electrons. The Bertz CT molecular complexity index is 4130. The normalized spacial score (nSPS) is 13.1. The van der Waals surface area contributed by atoms with Crippen LogP contribution in [-0.4, -0.2) is 4.57 Å². The van der Waals surface area contributed by atoms with Crippen LogP contribution in [0.15, 0.2) is 224 Å². The highest BCUT2D eigenvalue weighted by Crippen LogP contribution is 2.57. The topological polar surface area (TPSA) is 4.93 Å². The fourth-order valence-electron chi connectivity index (χ4n) is 12.2. The van der Waals surface area contributed by atoms with Crippen LogP contribution < -0.4 is 0 Å². The van der Waals surface area contributed by atoms with Crippen LogP contribution in [0.3, 0.4) is 0 Å². The molecule has 0 bridgehead atoms. The monoisotopic (exact) mass is 837 g/mol. The molecule has 1 heterocycles. The van der Waals surface area contributed by atoms with Crippen molar-refractivity contribution in [3.05, 3.63) is 236 Å². The van der Waals surface area contributed by atoms with E-state index in [-0.39, 0.29) is 5.41 Å². The third-order valence-electron chi connectivity index (χ3n) is 14.9. The van der Waals surface area contributed by atoms with Gasteiger partial charge in [-0.25, -0.2) is 0 Å². The summed E-state index contributed by atoms with van der Waals surface area (Å²) in [5, 5.41) is 15.5. The Morgan fingerprint density at radius 1 is 0.288 bits per heavy atom. The summed E-state index contributed by atoms with van der Waals surface area (Å²) in [6.07, 6.45) is 0. The molecule has 1 aliphatic rings. The average molecular weight is 838 g/mol. The van der Waals surface area contributed by atoms with Crippen molar-refractivity contribution in [1.29, 1.82) is 0 Å². The fourth-order valence-corrected chi connectivity index (χ4v) is 12.2. The fraction of sp³-hybridized carbons (Fsp3) is 0.0462. The molecule has 12 aromatic carbocycles. The molecule has 0 saturated carbocycles. The largest absolute Gasteiger partial charge is 0.309 e. The lowest BCUT2D eigenvalue weighted by atomic mass is 9.77. The van der Waals surface area contributed by atoms with E-state index in [1.165, 1.54) is 137 Å². The number of hydrogen-bond donors (Lipinski definition) is 0. The molecule has 1 heteroatoms. The Kier molecular flexibility index (Phi) is 7.81. The molecule has 0 radical (unpaired) electrons. The van der Waals surface area contributed by atoms with Gasteiger partial charge in [0.1, 0.15) is 0 Å². The van der Waals surface area contributed by atoms with Gasteiger partial charge in [-0.05, 0) is 152 Å². The second-order valence-electron chi connectivity index (χ2n) is 18.7. The number of nitrogens with zero attached hydrogens (tertiary/aromatic N) is 1. The van der Waals surface area contributed by atoms with Gasteiger partial charge in [-0.3, -0.25) is 0 Å². The van der Waals surface area contributed by atoms with E-state index in [9.17, 15) is 0 Å². The highest BCUT2D eigenvalue weighted by molar-refractivity contribution is 6.23. The van der Waals surface area contributed by atoms with Gasteiger partial charge in [0.05, 0.1) is 11.0 Å². The van der Waals surface area contributed by atoms with Crippen LogP contribution in [0, 0.1) is 0 Å². The number of hydrogen-bond acceptors (Lipinski definition) is 0. The van der Waals surface area contributed by atoms with Crippen molar-refractivity contribution in [2.75, 3.05) is 0 Å². The Balaban J connectivity index is 0.949. The minimum absolute atomic E-state index is 0.170. The second kappa shape index (κ2) is 13.9. The van der Waals surface area contributed by atoms with Crippen molar-refractivity contribution in [1.82, 2.24) is 4.57 Å². The maximum absolute atomic E-state index is 2.46. The Morgan fingerprint density at radius 3 is 1.52 bits per heavy atom. The summed E-state index contributed by atoms with van der Waals surface area (Å²) in [5.41, 5.74) is 16.5. The molecule has 0 saturated heterocycles. The van der Waals surface area contributed by atoms with Crippen LogP contribution in [0.25, 0.3) is 126 Å². The first-order valence-corrected chi connectivity index (χ1v) is 23.2. The molecule has 0 spiro atoms. The van der Waals surface area contributed by atoms with Gasteiger partial charge in [0.2, 0.25) is 0 Å². The summed E-state index contributed by atoms with van der Waals surface area (Å²) >= 11 is 0. The van der Waals surface area contributed by atoms with E-state index in [4.69, 9.17) is 0 Å². The van der Waals surface area contributed by atoms with Crippen molar-refractivity contribution >= 4 is 75.7 Å². The number of rotatable bonds is 4. The first-order valence-electron chi connectivity index (χ1n) is 23.2. The van der Waals surface area contributed by atoms with Crippen molar-refractivity contribution in [3.63, 3.8) is 0 Å². The van der Waals surface area contributed by atoms with Gasteiger partial charge in [0.25, 0.3) is 0 Å². The van der Waals surface area contributed by atoms with E-state index >= 15 is 0 Å². The summed E-state index contributed by atoms with van der Waals surface area (Å²) in [4.78, 5) is 0. The number of aromatic nitrogens is 1. The van der Waals surface area contributed by atoms with E-state index in [2.05, 4.69) is 243 Å². The molecule has 0 unspecified atom stereocenters. The Morgan fingerprint density at radius 2 is 0.803 bits per heavy atom. The van der Waals surface area contributed by atoms with Gasteiger partial charge < -0.3 is 4.57 Å². The van der Waals surface area contributed by atoms with Crippen LogP contribution in [0.1, 0.15) is 25.0 Å². The van der Waals surface area contributed by atoms with Gasteiger partial charge in [0.15, 0.2) is 0 Å². The smallest absolute Gasteiger partial charge is 0.0541 e. The number of para-hydroxylation sites is 2. The molecule has 0 aliphatic heterocycles. The molecule has 0 fully saturated rings. The molecule has 0 N–H and O–H groups in total. The van der Waals surface area contributed by atoms with Crippen LogP contribution in [0.4, 0.5) is 0 Å². The zero-order chi connectivity index (χ0) is 43.7. The van der Waals surface area contributed by atoms with Crippen LogP contribution in [0.2, 0.25) is 0 Å². The molecule has 0 atom stereocenters. The van der Waals surface area contributed by atoms with Gasteiger partial charge in [0, 0.05) is 21.9 Å². The van der Waals surface area contributed by atoms with E-state index < -0.39 is 0 Å². The lowest BCUT2D eigenvalue weighted by Crippen LogP contribution is -2.16. The maximum Gasteiger partial charge on any atom is 0.0541 e. The highest BCUT2D eigenvalue weighted by atomic mass is 15.0. The van der Waals surface area contributed by atoms with Gasteiger partial charge in [-0.1, -0.05) is 196 Å². The van der Waals surface area contributed by atoms with Crippen LogP contribution in [-0.2, 0) is 5.41 Å². The minimum atomic E-state index is -0.170. The highest BCUT2D eigenvalue weighted by Gasteiger charge is 2.39. The van der Waals surface area contributed by atoms with Crippen molar-refractivity contribution in [2.45, 2.75) is 19.3 Å². The van der Waals surface area contributed by atoms with Crippen LogP contribution >= 0.6 is 0 Å². The summed E-state index contributed by atoms with van der Waals surface area (Å²) in [7, 11) is 0. The summed E-state index contributed by atoms with van der Waals surface area (Å²) < 4.78 is 2.40. The molecule has 1 aromatic heterocycles. The SMILES string of the molecule is CC1(C)c2c(ccc3ccccc23)-c2c1c1ccc(-c3cccc(-c4c5ccccc5c(-c5ccc6c(c5)c5ccccc5n6-c5ccccc5)c5ccccc45)c3)cc1c1ccccc21. The standard InChI is InChI=1S/C65H43N/c1-65(2)63-46-22-7-6-17-40(46)31-35-55(63)62-49-25-9-8-23-47(49)56-38-42(32-34-54(56)64(62)65)41-18-16-19-43(37-41)60-50-26-10-12-28-52(50)61(53-29-13-11-27-51(53)60)44-33-36-59-57(39-44)48-24-14-15-30-58(48)66(59)45-20-4-3-5-21-45/h3-39H,1-2H3. The quantitative estimate of drug-likeness (QED) is 0.123. The first-order chi connectivity index (χ1) is 32.5. The average Bonchev–Trinajstić information content (AvgIpc) is 3.84. The maximum atomic E-state index is 2.46.